The Morgan fingerprint density at radius 1 is 1.35 bits per heavy atom. The minimum atomic E-state index is -0.297. The normalized spacial score (nSPS) is 17.5. The van der Waals surface area contributed by atoms with Crippen LogP contribution in [0.3, 0.4) is 0 Å². The zero-order chi connectivity index (χ0) is 14.4. The van der Waals surface area contributed by atoms with E-state index in [4.69, 9.17) is 0 Å². The van der Waals surface area contributed by atoms with Gasteiger partial charge >= 0.3 is 0 Å². The van der Waals surface area contributed by atoms with Crippen molar-refractivity contribution in [2.45, 2.75) is 45.2 Å². The van der Waals surface area contributed by atoms with Crippen LogP contribution in [0.15, 0.2) is 18.2 Å². The molecule has 1 fully saturated rings. The fourth-order valence-electron chi connectivity index (χ4n) is 2.69. The van der Waals surface area contributed by atoms with Crippen LogP contribution in [-0.4, -0.2) is 35.7 Å². The van der Waals surface area contributed by atoms with E-state index in [1.165, 1.54) is 37.6 Å². The quantitative estimate of drug-likeness (QED) is 0.841. The maximum absolute atomic E-state index is 13.1. The fourth-order valence-corrected chi connectivity index (χ4v) is 2.69. The Morgan fingerprint density at radius 3 is 2.80 bits per heavy atom. The Balaban J connectivity index is 1.74. The van der Waals surface area contributed by atoms with Crippen molar-refractivity contribution in [2.75, 3.05) is 19.6 Å². The molecule has 2 rings (SSSR count). The number of benzene rings is 1. The van der Waals surface area contributed by atoms with Gasteiger partial charge in [-0.1, -0.05) is 13.3 Å². The Kier molecular flexibility index (Phi) is 5.80. The van der Waals surface area contributed by atoms with Crippen molar-refractivity contribution in [3.63, 3.8) is 0 Å². The molecule has 0 radical (unpaired) electrons. The van der Waals surface area contributed by atoms with Crippen LogP contribution in [0, 0.1) is 5.82 Å². The Hall–Kier alpha value is -1.13. The van der Waals surface area contributed by atoms with Gasteiger partial charge in [-0.05, 0) is 57.1 Å². The average molecular weight is 280 g/mol. The van der Waals surface area contributed by atoms with E-state index < -0.39 is 0 Å². The number of nitrogens with one attached hydrogen (secondary N) is 1. The minimum absolute atomic E-state index is 0.166. The summed E-state index contributed by atoms with van der Waals surface area (Å²) in [6.07, 6.45) is 4.77. The highest BCUT2D eigenvalue weighted by atomic mass is 19.1. The fraction of sp³-hybridized carbons (Fsp3) is 0.625. The lowest BCUT2D eigenvalue weighted by Crippen LogP contribution is -2.42. The first-order valence-corrected chi connectivity index (χ1v) is 7.62. The summed E-state index contributed by atoms with van der Waals surface area (Å²) in [5, 5.41) is 13.1. The van der Waals surface area contributed by atoms with E-state index in [0.717, 1.165) is 25.9 Å². The first-order valence-electron chi connectivity index (χ1n) is 7.62. The second-order valence-electron chi connectivity index (χ2n) is 5.62. The number of likely N-dealkylation sites (tertiary alicyclic amines) is 1. The van der Waals surface area contributed by atoms with Gasteiger partial charge < -0.3 is 15.3 Å². The summed E-state index contributed by atoms with van der Waals surface area (Å²) in [5.41, 5.74) is 0.637. The van der Waals surface area contributed by atoms with Crippen LogP contribution in [0.2, 0.25) is 0 Å². The second kappa shape index (κ2) is 7.60. The monoisotopic (exact) mass is 280 g/mol. The number of phenols is 1. The Bertz CT molecular complexity index is 417. The molecule has 1 saturated heterocycles. The Labute approximate surface area is 120 Å². The Morgan fingerprint density at radius 2 is 2.10 bits per heavy atom. The van der Waals surface area contributed by atoms with Crippen LogP contribution in [-0.2, 0) is 6.54 Å². The number of hydrogen-bond acceptors (Lipinski definition) is 3. The first-order chi connectivity index (χ1) is 9.69. The van der Waals surface area contributed by atoms with Gasteiger partial charge in [0.15, 0.2) is 0 Å². The van der Waals surface area contributed by atoms with E-state index in [1.807, 2.05) is 0 Å². The van der Waals surface area contributed by atoms with Crippen LogP contribution in [0.1, 0.15) is 38.2 Å². The molecule has 3 nitrogen and oxygen atoms in total. The van der Waals surface area contributed by atoms with E-state index in [0.29, 0.717) is 18.2 Å². The van der Waals surface area contributed by atoms with Gasteiger partial charge in [0.1, 0.15) is 11.6 Å². The third kappa shape index (κ3) is 4.46. The first kappa shape index (κ1) is 15.3. The van der Waals surface area contributed by atoms with Gasteiger partial charge in [-0.2, -0.15) is 0 Å². The van der Waals surface area contributed by atoms with E-state index in [-0.39, 0.29) is 11.6 Å². The second-order valence-corrected chi connectivity index (χ2v) is 5.62. The molecule has 0 saturated carbocycles. The maximum Gasteiger partial charge on any atom is 0.123 e. The molecule has 0 unspecified atom stereocenters. The zero-order valence-electron chi connectivity index (χ0n) is 12.2. The number of piperidine rings is 1. The molecule has 1 aliphatic heterocycles. The lowest BCUT2D eigenvalue weighted by atomic mass is 10.0. The molecular formula is C16H25FN2O. The number of nitrogens with zero attached hydrogens (tertiary/aromatic N) is 1. The van der Waals surface area contributed by atoms with Gasteiger partial charge in [0.25, 0.3) is 0 Å². The number of rotatable bonds is 6. The number of hydrogen-bond donors (Lipinski definition) is 2. The predicted octanol–water partition coefficient (Wildman–Crippen LogP) is 2.89. The van der Waals surface area contributed by atoms with Gasteiger partial charge in [-0.15, -0.1) is 0 Å². The van der Waals surface area contributed by atoms with Crippen LogP contribution in [0.25, 0.3) is 0 Å². The molecule has 1 aliphatic rings. The van der Waals surface area contributed by atoms with Crippen molar-refractivity contribution >= 4 is 0 Å². The molecule has 0 atom stereocenters. The van der Waals surface area contributed by atoms with Crippen molar-refractivity contribution in [2.24, 2.45) is 0 Å². The molecule has 0 bridgehead atoms. The highest BCUT2D eigenvalue weighted by molar-refractivity contribution is 5.32. The predicted molar refractivity (Wildman–Crippen MR) is 79.3 cm³/mol. The summed E-state index contributed by atoms with van der Waals surface area (Å²) in [5.74, 6) is -0.131. The summed E-state index contributed by atoms with van der Waals surface area (Å²) in [4.78, 5) is 2.52. The lowest BCUT2D eigenvalue weighted by molar-refractivity contribution is 0.194. The van der Waals surface area contributed by atoms with Crippen LogP contribution >= 0.6 is 0 Å². The number of phenolic OH excluding ortho intramolecular Hbond substituents is 1. The number of halogens is 1. The highest BCUT2D eigenvalue weighted by Crippen LogP contribution is 2.19. The standard InChI is InChI=1S/C16H25FN2O/c1-2-3-8-19-9-6-15(7-10-19)18-12-13-11-14(17)4-5-16(13)20/h4-5,11,15,18,20H,2-3,6-10,12H2,1H3. The van der Waals surface area contributed by atoms with E-state index in [2.05, 4.69) is 17.1 Å². The topological polar surface area (TPSA) is 35.5 Å². The summed E-state index contributed by atoms with van der Waals surface area (Å²) >= 11 is 0. The summed E-state index contributed by atoms with van der Waals surface area (Å²) < 4.78 is 13.1. The van der Waals surface area contributed by atoms with E-state index in [9.17, 15) is 9.50 Å². The molecule has 0 amide bonds. The third-order valence-electron chi connectivity index (χ3n) is 4.04. The van der Waals surface area contributed by atoms with Crippen molar-refractivity contribution in [1.29, 1.82) is 0 Å². The van der Waals surface area contributed by atoms with Gasteiger partial charge in [0.2, 0.25) is 0 Å². The molecule has 1 aromatic rings. The van der Waals surface area contributed by atoms with Gasteiger partial charge in [-0.25, -0.2) is 4.39 Å². The highest BCUT2D eigenvalue weighted by Gasteiger charge is 2.18. The summed E-state index contributed by atoms with van der Waals surface area (Å²) in [7, 11) is 0. The number of aromatic hydroxyl groups is 1. The number of unbranched alkanes of at least 4 members (excludes halogenated alkanes) is 1. The van der Waals surface area contributed by atoms with Crippen molar-refractivity contribution in [1.82, 2.24) is 10.2 Å². The smallest absolute Gasteiger partial charge is 0.123 e. The van der Waals surface area contributed by atoms with Crippen molar-refractivity contribution in [3.8, 4) is 5.75 Å². The molecule has 2 N–H and O–H groups in total. The SMILES string of the molecule is CCCCN1CCC(NCc2cc(F)ccc2O)CC1. The van der Waals surface area contributed by atoms with Gasteiger partial charge in [0, 0.05) is 18.2 Å². The van der Waals surface area contributed by atoms with Crippen LogP contribution in [0.4, 0.5) is 4.39 Å². The van der Waals surface area contributed by atoms with E-state index in [1.54, 1.807) is 0 Å². The summed E-state index contributed by atoms with van der Waals surface area (Å²) in [6.45, 7) is 6.22. The van der Waals surface area contributed by atoms with Crippen molar-refractivity contribution in [3.05, 3.63) is 29.6 Å². The lowest BCUT2D eigenvalue weighted by Gasteiger charge is -2.32. The molecule has 20 heavy (non-hydrogen) atoms. The minimum Gasteiger partial charge on any atom is -0.508 e. The molecule has 112 valence electrons. The van der Waals surface area contributed by atoms with Crippen LogP contribution < -0.4 is 5.32 Å². The van der Waals surface area contributed by atoms with E-state index >= 15 is 0 Å². The van der Waals surface area contributed by atoms with Gasteiger partial charge in [0.05, 0.1) is 0 Å². The molecule has 1 aromatic carbocycles. The summed E-state index contributed by atoms with van der Waals surface area (Å²) in [6, 6.07) is 4.57. The zero-order valence-corrected chi connectivity index (χ0v) is 12.2. The molecule has 1 heterocycles. The average Bonchev–Trinajstić information content (AvgIpc) is 2.47. The molecule has 0 aliphatic carbocycles. The molecule has 4 heteroatoms. The molecule has 0 spiro atoms. The molecular weight excluding hydrogens is 255 g/mol. The van der Waals surface area contributed by atoms with Crippen LogP contribution in [0.5, 0.6) is 5.75 Å². The largest absolute Gasteiger partial charge is 0.508 e. The van der Waals surface area contributed by atoms with Gasteiger partial charge in [-0.3, -0.25) is 0 Å². The maximum atomic E-state index is 13.1. The third-order valence-corrected chi connectivity index (χ3v) is 4.04. The van der Waals surface area contributed by atoms with Crippen molar-refractivity contribution < 1.29 is 9.50 Å². The molecule has 0 aromatic heterocycles.